The molecule has 1 aliphatic heterocycles. The first-order valence-corrected chi connectivity index (χ1v) is 11.0. The number of halogens is 2. The summed E-state index contributed by atoms with van der Waals surface area (Å²) in [5.74, 6) is -0.210. The number of carbonyl (C=O) groups is 2. The summed E-state index contributed by atoms with van der Waals surface area (Å²) in [5, 5.41) is 12.5. The third-order valence-corrected chi connectivity index (χ3v) is 5.25. The van der Waals surface area contributed by atoms with Gasteiger partial charge in [-0.25, -0.2) is 19.0 Å². The van der Waals surface area contributed by atoms with Crippen molar-refractivity contribution in [3.63, 3.8) is 0 Å². The zero-order valence-corrected chi connectivity index (χ0v) is 21.0. The van der Waals surface area contributed by atoms with E-state index in [0.717, 1.165) is 4.90 Å². The summed E-state index contributed by atoms with van der Waals surface area (Å²) in [6.45, 7) is 12.2. The second kappa shape index (κ2) is 8.57. The number of aromatic nitrogens is 2. The van der Waals surface area contributed by atoms with Crippen molar-refractivity contribution in [3.8, 4) is 0 Å². The molecule has 184 valence electrons. The highest BCUT2D eigenvalue weighted by Crippen LogP contribution is 2.37. The van der Waals surface area contributed by atoms with Gasteiger partial charge in [-0.2, -0.15) is 0 Å². The van der Waals surface area contributed by atoms with Crippen molar-refractivity contribution in [2.45, 2.75) is 71.7 Å². The Morgan fingerprint density at radius 1 is 1.26 bits per heavy atom. The number of amidine groups is 1. The number of imidazole rings is 1. The van der Waals surface area contributed by atoms with Gasteiger partial charge in [-0.1, -0.05) is 11.6 Å². The average molecular weight is 494 g/mol. The van der Waals surface area contributed by atoms with Crippen molar-refractivity contribution in [3.05, 3.63) is 46.8 Å². The Bertz CT molecular complexity index is 1170. The minimum atomic E-state index is -1.22. The molecule has 0 saturated carbocycles. The van der Waals surface area contributed by atoms with E-state index < -0.39 is 34.7 Å². The summed E-state index contributed by atoms with van der Waals surface area (Å²) >= 11 is 6.10. The minimum absolute atomic E-state index is 0.0608. The molecular formula is C23H29ClFN5O4. The third kappa shape index (κ3) is 5.32. The molecule has 2 amide bonds. The van der Waals surface area contributed by atoms with Gasteiger partial charge in [-0.15, -0.1) is 0 Å². The highest BCUT2D eigenvalue weighted by molar-refractivity contribution is 6.29. The standard InChI is InChI=1S/C23H29ClFN5O4/c1-21(2,3)30(20(32)33)13-8-9-15(25)14(10-13)23(7)12-29-11-16(24)26-18(29)17(28-23)27-19(31)34-22(4,5)6/h8-11H,12H2,1-7H3,(H,32,33)(H,27,28,31)/t23-/m0/s1. The molecule has 3 rings (SSSR count). The van der Waals surface area contributed by atoms with E-state index in [-0.39, 0.29) is 23.1 Å². The maximum atomic E-state index is 15.2. The molecule has 1 atom stereocenters. The Hall–Kier alpha value is -3.14. The lowest BCUT2D eigenvalue weighted by Gasteiger charge is -2.36. The van der Waals surface area contributed by atoms with Gasteiger partial charge in [-0.05, 0) is 66.7 Å². The van der Waals surface area contributed by atoms with E-state index >= 15 is 4.39 Å². The summed E-state index contributed by atoms with van der Waals surface area (Å²) in [6.07, 6.45) is -0.361. The number of nitrogens with one attached hydrogen (secondary N) is 1. The number of rotatable bonds is 2. The lowest BCUT2D eigenvalue weighted by molar-refractivity contribution is 0.0562. The molecule has 0 radical (unpaired) electrons. The number of ether oxygens (including phenoxy) is 1. The van der Waals surface area contributed by atoms with E-state index in [1.165, 1.54) is 18.2 Å². The molecule has 0 unspecified atom stereocenters. The zero-order valence-electron chi connectivity index (χ0n) is 20.2. The molecule has 0 saturated heterocycles. The van der Waals surface area contributed by atoms with Crippen molar-refractivity contribution in [1.29, 1.82) is 0 Å². The van der Waals surface area contributed by atoms with Crippen LogP contribution in [-0.2, 0) is 16.8 Å². The Labute approximate surface area is 202 Å². The Morgan fingerprint density at radius 2 is 1.91 bits per heavy atom. The van der Waals surface area contributed by atoms with Crippen LogP contribution in [-0.4, -0.2) is 43.8 Å². The van der Waals surface area contributed by atoms with E-state index in [4.69, 9.17) is 16.3 Å². The first-order valence-electron chi connectivity index (χ1n) is 10.7. The van der Waals surface area contributed by atoms with Crippen molar-refractivity contribution in [1.82, 2.24) is 14.9 Å². The summed E-state index contributed by atoms with van der Waals surface area (Å²) < 4.78 is 22.1. The van der Waals surface area contributed by atoms with Gasteiger partial charge in [0.1, 0.15) is 22.1 Å². The molecule has 1 aromatic heterocycles. The highest BCUT2D eigenvalue weighted by Gasteiger charge is 2.38. The quantitative estimate of drug-likeness (QED) is 0.600. The van der Waals surface area contributed by atoms with Crippen LogP contribution in [0.1, 0.15) is 59.9 Å². The van der Waals surface area contributed by atoms with Crippen LogP contribution >= 0.6 is 11.6 Å². The number of aliphatic imine (C=N–C) groups is 1. The van der Waals surface area contributed by atoms with Crippen LogP contribution in [0, 0.1) is 5.82 Å². The number of fused-ring (bicyclic) bond motifs is 1. The van der Waals surface area contributed by atoms with Crippen molar-refractivity contribution < 1.29 is 23.8 Å². The monoisotopic (exact) mass is 493 g/mol. The molecule has 2 aromatic rings. The fourth-order valence-electron chi connectivity index (χ4n) is 3.84. The van der Waals surface area contributed by atoms with E-state index in [2.05, 4.69) is 15.3 Å². The number of nitrogens with zero attached hydrogens (tertiary/aromatic N) is 4. The fraction of sp³-hybridized carbons (Fsp3) is 0.478. The lowest BCUT2D eigenvalue weighted by Crippen LogP contribution is -2.46. The van der Waals surface area contributed by atoms with Crippen molar-refractivity contribution >= 4 is 35.3 Å². The smallest absolute Gasteiger partial charge is 0.413 e. The number of carboxylic acid groups (broad SMARTS) is 1. The molecule has 1 aliphatic rings. The predicted octanol–water partition coefficient (Wildman–Crippen LogP) is 5.16. The van der Waals surface area contributed by atoms with Crippen LogP contribution < -0.4 is 10.2 Å². The third-order valence-electron chi connectivity index (χ3n) is 5.07. The van der Waals surface area contributed by atoms with Gasteiger partial charge in [0, 0.05) is 23.0 Å². The molecule has 11 heteroatoms. The number of benzene rings is 1. The molecule has 0 bridgehead atoms. The molecule has 0 spiro atoms. The largest absolute Gasteiger partial charge is 0.465 e. The normalized spacial score (nSPS) is 18.1. The van der Waals surface area contributed by atoms with Crippen LogP contribution in [0.4, 0.5) is 19.7 Å². The maximum absolute atomic E-state index is 15.2. The van der Waals surface area contributed by atoms with Gasteiger partial charge < -0.3 is 14.4 Å². The van der Waals surface area contributed by atoms with Crippen LogP contribution in [0.2, 0.25) is 5.15 Å². The number of amides is 2. The first-order chi connectivity index (χ1) is 15.5. The van der Waals surface area contributed by atoms with Crippen LogP contribution in [0.15, 0.2) is 29.4 Å². The van der Waals surface area contributed by atoms with Crippen molar-refractivity contribution in [2.24, 2.45) is 4.99 Å². The summed E-state index contributed by atoms with van der Waals surface area (Å²) in [5.41, 5.74) is -2.29. The van der Waals surface area contributed by atoms with Crippen molar-refractivity contribution in [2.75, 3.05) is 4.90 Å². The Kier molecular flexibility index (Phi) is 6.43. The first kappa shape index (κ1) is 25.5. The molecule has 9 nitrogen and oxygen atoms in total. The SMILES string of the molecule is CC(C)(C)OC(=O)NC1=N[C@](C)(c2cc(N(C(=O)O)C(C)(C)C)ccc2F)Cn2cc(Cl)nc21. The van der Waals surface area contributed by atoms with Crippen LogP contribution in [0.25, 0.3) is 0 Å². The second-order valence-electron chi connectivity index (χ2n) is 10.3. The van der Waals surface area contributed by atoms with E-state index in [1.54, 1.807) is 59.2 Å². The Morgan fingerprint density at radius 3 is 2.47 bits per heavy atom. The topological polar surface area (TPSA) is 109 Å². The number of carbonyl (C=O) groups excluding carboxylic acids is 1. The van der Waals surface area contributed by atoms with Gasteiger partial charge in [0.2, 0.25) is 0 Å². The summed E-state index contributed by atoms with van der Waals surface area (Å²) in [7, 11) is 0. The molecule has 2 N–H and O–H groups in total. The average Bonchev–Trinajstić information content (AvgIpc) is 3.00. The number of alkyl carbamates (subject to hydrolysis) is 1. The lowest BCUT2D eigenvalue weighted by atomic mass is 9.89. The number of anilines is 1. The van der Waals surface area contributed by atoms with E-state index in [9.17, 15) is 14.7 Å². The number of hydrogen-bond donors (Lipinski definition) is 2. The molecule has 0 fully saturated rings. The van der Waals surface area contributed by atoms with E-state index in [0.29, 0.717) is 11.5 Å². The fourth-order valence-corrected chi connectivity index (χ4v) is 4.03. The van der Waals surface area contributed by atoms with Crippen LogP contribution in [0.3, 0.4) is 0 Å². The van der Waals surface area contributed by atoms with Gasteiger partial charge in [0.25, 0.3) is 0 Å². The van der Waals surface area contributed by atoms with Gasteiger partial charge in [0.15, 0.2) is 11.7 Å². The second-order valence-corrected chi connectivity index (χ2v) is 10.7. The predicted molar refractivity (Wildman–Crippen MR) is 127 cm³/mol. The maximum Gasteiger partial charge on any atom is 0.413 e. The summed E-state index contributed by atoms with van der Waals surface area (Å²) in [4.78, 5) is 34.4. The molecule has 34 heavy (non-hydrogen) atoms. The molecule has 0 aliphatic carbocycles. The van der Waals surface area contributed by atoms with Gasteiger partial charge in [-0.3, -0.25) is 15.2 Å². The highest BCUT2D eigenvalue weighted by atomic mass is 35.5. The van der Waals surface area contributed by atoms with Crippen LogP contribution in [0.5, 0.6) is 0 Å². The molecular weight excluding hydrogens is 465 g/mol. The van der Waals surface area contributed by atoms with Gasteiger partial charge in [0.05, 0.1) is 6.54 Å². The summed E-state index contributed by atoms with van der Waals surface area (Å²) in [6, 6.07) is 4.09. The van der Waals surface area contributed by atoms with E-state index in [1.807, 2.05) is 0 Å². The number of hydrogen-bond acceptors (Lipinski definition) is 5. The van der Waals surface area contributed by atoms with Gasteiger partial charge >= 0.3 is 12.2 Å². The molecule has 1 aromatic carbocycles. The minimum Gasteiger partial charge on any atom is -0.465 e. The Balaban J connectivity index is 2.11. The zero-order chi connectivity index (χ0) is 25.6. The molecule has 2 heterocycles.